The fourth-order valence-electron chi connectivity index (χ4n) is 3.74. The third kappa shape index (κ3) is 27.2. The number of ether oxygens (including phenoxy) is 1. The van der Waals surface area contributed by atoms with Gasteiger partial charge in [0, 0.05) is 18.3 Å². The molecule has 0 heterocycles. The van der Waals surface area contributed by atoms with E-state index < -0.39 is 7.82 Å². The number of hydrogen-bond acceptors (Lipinski definition) is 5. The second-order valence-electron chi connectivity index (χ2n) is 10.8. The number of hydrogen-bond donors (Lipinski definition) is 1. The maximum Gasteiger partial charge on any atom is 0.472 e. The van der Waals surface area contributed by atoms with Gasteiger partial charge in [-0.2, -0.15) is 11.8 Å². The molecule has 0 rings (SSSR count). The van der Waals surface area contributed by atoms with Gasteiger partial charge in [-0.3, -0.25) is 9.05 Å². The fraction of sp³-hybridized carbons (Fsp3) is 1.00. The van der Waals surface area contributed by atoms with Gasteiger partial charge in [0.05, 0.1) is 34.4 Å². The molecule has 2 unspecified atom stereocenters. The van der Waals surface area contributed by atoms with Crippen molar-refractivity contribution in [3.8, 4) is 0 Å². The Morgan fingerprint density at radius 3 is 1.77 bits per heavy atom. The van der Waals surface area contributed by atoms with Crippen molar-refractivity contribution in [2.75, 3.05) is 65.6 Å². The van der Waals surface area contributed by atoms with E-state index in [2.05, 4.69) is 6.92 Å². The molecule has 0 saturated heterocycles. The van der Waals surface area contributed by atoms with Crippen LogP contribution in [0.2, 0.25) is 0 Å². The van der Waals surface area contributed by atoms with Crippen LogP contribution < -0.4 is 0 Å². The average molecular weight is 541 g/mol. The molecule has 212 valence electrons. The standard InChI is InChI=1S/C27H58NO5PS/c1-6-8-9-10-11-12-13-14-15-16-17-18-19-20-23-35-26-27(24-31-7-2)25-33-34(29,30)32-22-21-28(3,4)5/h27H,6-26H2,1-5H3/p+1. The lowest BCUT2D eigenvalue weighted by Crippen LogP contribution is -2.37. The molecule has 0 aromatic carbocycles. The van der Waals surface area contributed by atoms with Gasteiger partial charge in [0.25, 0.3) is 0 Å². The van der Waals surface area contributed by atoms with E-state index in [-0.39, 0.29) is 19.1 Å². The Morgan fingerprint density at radius 1 is 0.771 bits per heavy atom. The van der Waals surface area contributed by atoms with E-state index in [4.69, 9.17) is 13.8 Å². The molecule has 0 aromatic heterocycles. The van der Waals surface area contributed by atoms with Crippen molar-refractivity contribution in [3.63, 3.8) is 0 Å². The van der Waals surface area contributed by atoms with Gasteiger partial charge in [0.2, 0.25) is 0 Å². The van der Waals surface area contributed by atoms with Crippen LogP contribution in [0.1, 0.15) is 104 Å². The van der Waals surface area contributed by atoms with Crippen molar-refractivity contribution < 1.29 is 27.7 Å². The molecule has 0 fully saturated rings. The minimum atomic E-state index is -4.02. The summed E-state index contributed by atoms with van der Waals surface area (Å²) in [7, 11) is 2.03. The summed E-state index contributed by atoms with van der Waals surface area (Å²) in [6, 6.07) is 0. The monoisotopic (exact) mass is 540 g/mol. The summed E-state index contributed by atoms with van der Waals surface area (Å²) in [6.45, 7) is 6.44. The molecule has 6 nitrogen and oxygen atoms in total. The summed E-state index contributed by atoms with van der Waals surface area (Å²) >= 11 is 1.89. The minimum absolute atomic E-state index is 0.0917. The third-order valence-corrected chi connectivity index (χ3v) is 8.31. The Bertz CT molecular complexity index is 504. The topological polar surface area (TPSA) is 65.0 Å². The number of likely N-dealkylation sites (N-methyl/N-ethyl adjacent to an activating group) is 1. The van der Waals surface area contributed by atoms with Gasteiger partial charge in [-0.1, -0.05) is 90.4 Å². The van der Waals surface area contributed by atoms with E-state index in [0.29, 0.717) is 24.2 Å². The molecule has 0 bridgehead atoms. The largest absolute Gasteiger partial charge is 0.472 e. The first-order valence-corrected chi connectivity index (χ1v) is 16.9. The number of phosphoric acid groups is 1. The summed E-state index contributed by atoms with van der Waals surface area (Å²) in [6.07, 6.45) is 19.3. The minimum Gasteiger partial charge on any atom is -0.381 e. The Kier molecular flexibility index (Phi) is 23.7. The van der Waals surface area contributed by atoms with Gasteiger partial charge < -0.3 is 14.1 Å². The normalized spacial score (nSPS) is 14.8. The predicted molar refractivity (Wildman–Crippen MR) is 152 cm³/mol. The van der Waals surface area contributed by atoms with Crippen molar-refractivity contribution in [1.82, 2.24) is 0 Å². The second kappa shape index (κ2) is 23.5. The first-order valence-electron chi connectivity index (χ1n) is 14.3. The van der Waals surface area contributed by atoms with E-state index in [1.807, 2.05) is 39.8 Å². The summed E-state index contributed by atoms with van der Waals surface area (Å²) in [5, 5.41) is 0. The average Bonchev–Trinajstić information content (AvgIpc) is 2.79. The van der Waals surface area contributed by atoms with Crippen LogP contribution in [0.15, 0.2) is 0 Å². The molecule has 0 spiro atoms. The summed E-state index contributed by atoms with van der Waals surface area (Å²) < 4.78 is 28.8. The number of thioether (sulfide) groups is 1. The van der Waals surface area contributed by atoms with Crippen LogP contribution >= 0.6 is 19.6 Å². The van der Waals surface area contributed by atoms with E-state index in [9.17, 15) is 9.46 Å². The zero-order valence-corrected chi connectivity index (χ0v) is 25.5. The SMILES string of the molecule is CCCCCCCCCCCCCCCCSCC(COCC)COP(=O)(O)OCC[N+](C)(C)C. The summed E-state index contributed by atoms with van der Waals surface area (Å²) in [5.41, 5.74) is 0. The Hall–Kier alpha value is 0.380. The Balaban J connectivity index is 3.74. The van der Waals surface area contributed by atoms with Gasteiger partial charge in [-0.25, -0.2) is 4.57 Å². The maximum atomic E-state index is 12.2. The highest BCUT2D eigenvalue weighted by Crippen LogP contribution is 2.43. The van der Waals surface area contributed by atoms with Crippen LogP contribution in [0.3, 0.4) is 0 Å². The van der Waals surface area contributed by atoms with Gasteiger partial charge in [-0.05, 0) is 19.1 Å². The van der Waals surface area contributed by atoms with E-state index in [1.165, 1.54) is 89.9 Å². The highest BCUT2D eigenvalue weighted by atomic mass is 32.2. The molecule has 35 heavy (non-hydrogen) atoms. The summed E-state index contributed by atoms with van der Waals surface area (Å²) in [5.74, 6) is 2.09. The van der Waals surface area contributed by atoms with Gasteiger partial charge in [-0.15, -0.1) is 0 Å². The van der Waals surface area contributed by atoms with Crippen molar-refractivity contribution in [1.29, 1.82) is 0 Å². The van der Waals surface area contributed by atoms with E-state index in [1.54, 1.807) is 0 Å². The lowest BCUT2D eigenvalue weighted by Gasteiger charge is -2.24. The first-order chi connectivity index (χ1) is 16.7. The summed E-state index contributed by atoms with van der Waals surface area (Å²) in [4.78, 5) is 9.95. The molecule has 2 atom stereocenters. The lowest BCUT2D eigenvalue weighted by atomic mass is 10.0. The number of nitrogens with zero attached hydrogens (tertiary/aromatic N) is 1. The molecular formula is C27H59NO5PS+. The van der Waals surface area contributed by atoms with Crippen LogP contribution in [-0.2, 0) is 18.3 Å². The van der Waals surface area contributed by atoms with Crippen molar-refractivity contribution in [2.45, 2.75) is 104 Å². The number of quaternary nitrogens is 1. The number of unbranched alkanes of at least 4 members (excludes halogenated alkanes) is 13. The van der Waals surface area contributed by atoms with Crippen molar-refractivity contribution in [2.24, 2.45) is 5.92 Å². The molecular weight excluding hydrogens is 481 g/mol. The maximum absolute atomic E-state index is 12.2. The molecule has 0 aromatic rings. The Morgan fingerprint density at radius 2 is 1.29 bits per heavy atom. The molecule has 0 amide bonds. The highest BCUT2D eigenvalue weighted by molar-refractivity contribution is 7.99. The quantitative estimate of drug-likeness (QED) is 0.0654. The van der Waals surface area contributed by atoms with Crippen LogP contribution in [0.25, 0.3) is 0 Å². The number of phosphoric ester groups is 1. The van der Waals surface area contributed by atoms with Crippen LogP contribution in [0.4, 0.5) is 0 Å². The molecule has 0 aliphatic rings. The van der Waals surface area contributed by atoms with E-state index in [0.717, 1.165) is 11.5 Å². The van der Waals surface area contributed by atoms with Crippen LogP contribution in [-0.4, -0.2) is 75.0 Å². The predicted octanol–water partition coefficient (Wildman–Crippen LogP) is 7.69. The molecule has 0 aliphatic carbocycles. The molecule has 0 radical (unpaired) electrons. The van der Waals surface area contributed by atoms with Gasteiger partial charge in [0.15, 0.2) is 0 Å². The smallest absolute Gasteiger partial charge is 0.381 e. The first kappa shape index (κ1) is 35.4. The van der Waals surface area contributed by atoms with Gasteiger partial charge in [0.1, 0.15) is 13.2 Å². The Labute approximate surface area is 222 Å². The molecule has 1 N–H and O–H groups in total. The van der Waals surface area contributed by atoms with E-state index >= 15 is 0 Å². The molecule has 8 heteroatoms. The fourth-order valence-corrected chi connectivity index (χ4v) is 5.63. The third-order valence-electron chi connectivity index (χ3n) is 6.04. The zero-order chi connectivity index (χ0) is 26.3. The van der Waals surface area contributed by atoms with Gasteiger partial charge >= 0.3 is 7.82 Å². The lowest BCUT2D eigenvalue weighted by molar-refractivity contribution is -0.870. The number of rotatable bonds is 27. The molecule has 0 saturated carbocycles. The van der Waals surface area contributed by atoms with Crippen molar-refractivity contribution in [3.05, 3.63) is 0 Å². The van der Waals surface area contributed by atoms with Crippen LogP contribution in [0.5, 0.6) is 0 Å². The van der Waals surface area contributed by atoms with Crippen LogP contribution in [0, 0.1) is 5.92 Å². The van der Waals surface area contributed by atoms with Crippen molar-refractivity contribution >= 4 is 19.6 Å². The second-order valence-corrected chi connectivity index (χ2v) is 13.4. The molecule has 0 aliphatic heterocycles. The highest BCUT2D eigenvalue weighted by Gasteiger charge is 2.24. The zero-order valence-electron chi connectivity index (χ0n) is 23.8.